The lowest BCUT2D eigenvalue weighted by atomic mass is 9.90. The summed E-state index contributed by atoms with van der Waals surface area (Å²) >= 11 is 0. The van der Waals surface area contributed by atoms with Gasteiger partial charge in [0.25, 0.3) is 0 Å². The first-order valence-corrected chi connectivity index (χ1v) is 10.2. The second-order valence-electron chi connectivity index (χ2n) is 7.97. The van der Waals surface area contributed by atoms with Gasteiger partial charge in [-0.1, -0.05) is 58.9 Å². The number of aliphatic hydroxyl groups is 1. The topological polar surface area (TPSA) is 75.7 Å². The summed E-state index contributed by atoms with van der Waals surface area (Å²) in [6.07, 6.45) is 9.53. The second kappa shape index (κ2) is 12.2. The molecule has 0 fully saturated rings. The monoisotopic (exact) mass is 365 g/mol. The molecule has 0 heterocycles. The van der Waals surface area contributed by atoms with E-state index >= 15 is 0 Å². The van der Waals surface area contributed by atoms with Gasteiger partial charge >= 0.3 is 0 Å². The van der Waals surface area contributed by atoms with Crippen LogP contribution in [0.25, 0.3) is 0 Å². The number of aromatic hydroxyl groups is 1. The zero-order chi connectivity index (χ0) is 19.4. The van der Waals surface area contributed by atoms with Crippen molar-refractivity contribution in [2.45, 2.75) is 84.1 Å². The first-order chi connectivity index (χ1) is 12.4. The Labute approximate surface area is 159 Å². The normalized spacial score (nSPS) is 13.8. The molecule has 4 heteroatoms. The Bertz CT molecular complexity index is 498. The van der Waals surface area contributed by atoms with Gasteiger partial charge in [0.1, 0.15) is 0 Å². The molecule has 0 saturated carbocycles. The summed E-state index contributed by atoms with van der Waals surface area (Å²) in [6.45, 7) is 7.15. The van der Waals surface area contributed by atoms with Crippen LogP contribution in [0.5, 0.6) is 11.5 Å². The van der Waals surface area contributed by atoms with Gasteiger partial charge in [-0.05, 0) is 49.3 Å². The van der Waals surface area contributed by atoms with E-state index in [1.807, 2.05) is 19.1 Å². The van der Waals surface area contributed by atoms with E-state index in [0.29, 0.717) is 18.8 Å². The molecule has 0 aliphatic carbocycles. The molecular weight excluding hydrogens is 326 g/mol. The molecule has 150 valence electrons. The summed E-state index contributed by atoms with van der Waals surface area (Å²) in [7, 11) is 0. The van der Waals surface area contributed by atoms with Crippen molar-refractivity contribution in [2.24, 2.45) is 11.7 Å². The maximum Gasteiger partial charge on any atom is 0.160 e. The number of aliphatic hydroxyl groups excluding tert-OH is 1. The number of nitrogens with two attached hydrogens (primary N) is 1. The highest BCUT2D eigenvalue weighted by Crippen LogP contribution is 2.28. The van der Waals surface area contributed by atoms with Crippen LogP contribution >= 0.6 is 0 Å². The molecule has 0 aliphatic rings. The second-order valence-corrected chi connectivity index (χ2v) is 7.97. The molecule has 4 N–H and O–H groups in total. The number of hydrogen-bond donors (Lipinski definition) is 3. The number of unbranched alkanes of at least 4 members (excludes halogenated alkanes) is 4. The summed E-state index contributed by atoms with van der Waals surface area (Å²) < 4.78 is 5.71. The number of benzene rings is 1. The molecule has 0 aromatic heterocycles. The summed E-state index contributed by atoms with van der Waals surface area (Å²) in [4.78, 5) is 0. The Morgan fingerprint density at radius 2 is 1.81 bits per heavy atom. The zero-order valence-corrected chi connectivity index (χ0v) is 17.0. The van der Waals surface area contributed by atoms with Crippen LogP contribution in [0, 0.1) is 5.92 Å². The minimum absolute atomic E-state index is 0.0197. The molecule has 26 heavy (non-hydrogen) atoms. The van der Waals surface area contributed by atoms with E-state index in [1.165, 1.54) is 32.1 Å². The summed E-state index contributed by atoms with van der Waals surface area (Å²) in [5, 5.41) is 19.5. The molecule has 0 saturated heterocycles. The number of ether oxygens (including phenoxy) is 1. The molecule has 1 atom stereocenters. The summed E-state index contributed by atoms with van der Waals surface area (Å²) in [6, 6.07) is 5.54. The van der Waals surface area contributed by atoms with Crippen molar-refractivity contribution >= 4 is 0 Å². The van der Waals surface area contributed by atoms with Crippen molar-refractivity contribution in [3.63, 3.8) is 0 Å². The molecule has 1 aromatic rings. The van der Waals surface area contributed by atoms with Gasteiger partial charge < -0.3 is 20.7 Å². The van der Waals surface area contributed by atoms with Crippen molar-refractivity contribution in [2.75, 3.05) is 13.2 Å². The highest BCUT2D eigenvalue weighted by Gasteiger charge is 2.21. The Morgan fingerprint density at radius 1 is 1.12 bits per heavy atom. The zero-order valence-electron chi connectivity index (χ0n) is 17.0. The minimum Gasteiger partial charge on any atom is -0.504 e. The van der Waals surface area contributed by atoms with Crippen LogP contribution in [-0.4, -0.2) is 29.0 Å². The number of aryl methyl sites for hydroxylation is 1. The van der Waals surface area contributed by atoms with Crippen molar-refractivity contribution in [3.05, 3.63) is 23.8 Å². The van der Waals surface area contributed by atoms with Gasteiger partial charge in [0.2, 0.25) is 0 Å². The maximum absolute atomic E-state index is 10.2. The third kappa shape index (κ3) is 8.91. The molecule has 0 radical (unpaired) electrons. The maximum atomic E-state index is 10.2. The number of phenols is 1. The van der Waals surface area contributed by atoms with Crippen LogP contribution in [0.4, 0.5) is 0 Å². The largest absolute Gasteiger partial charge is 0.504 e. The number of phenolic OH excluding ortho intramolecular Hbond substituents is 1. The van der Waals surface area contributed by atoms with Crippen molar-refractivity contribution in [1.29, 1.82) is 0 Å². The predicted molar refractivity (Wildman–Crippen MR) is 109 cm³/mol. The average molecular weight is 366 g/mol. The smallest absolute Gasteiger partial charge is 0.160 e. The fourth-order valence-electron chi connectivity index (χ4n) is 2.97. The Balaban J connectivity index is 2.28. The first-order valence-electron chi connectivity index (χ1n) is 10.2. The van der Waals surface area contributed by atoms with Crippen LogP contribution in [0.3, 0.4) is 0 Å². The van der Waals surface area contributed by atoms with E-state index in [1.54, 1.807) is 6.07 Å². The van der Waals surface area contributed by atoms with E-state index in [4.69, 9.17) is 10.5 Å². The first kappa shape index (κ1) is 22.8. The molecule has 0 aliphatic heterocycles. The van der Waals surface area contributed by atoms with Crippen LogP contribution in [-0.2, 0) is 6.42 Å². The average Bonchev–Trinajstić information content (AvgIpc) is 2.63. The van der Waals surface area contributed by atoms with E-state index in [0.717, 1.165) is 30.7 Å². The van der Waals surface area contributed by atoms with Gasteiger partial charge in [-0.15, -0.1) is 0 Å². The molecule has 0 bridgehead atoms. The number of rotatable bonds is 14. The van der Waals surface area contributed by atoms with E-state index < -0.39 is 5.54 Å². The highest BCUT2D eigenvalue weighted by molar-refractivity contribution is 5.41. The van der Waals surface area contributed by atoms with E-state index in [-0.39, 0.29) is 12.4 Å². The fraction of sp³-hybridized carbons (Fsp3) is 0.727. The Kier molecular flexibility index (Phi) is 10.7. The van der Waals surface area contributed by atoms with Crippen LogP contribution in [0.1, 0.15) is 77.7 Å². The van der Waals surface area contributed by atoms with Crippen LogP contribution in [0.2, 0.25) is 0 Å². The molecule has 0 unspecified atom stereocenters. The molecule has 0 spiro atoms. The molecule has 1 aromatic carbocycles. The third-order valence-corrected chi connectivity index (χ3v) is 5.14. The van der Waals surface area contributed by atoms with Gasteiger partial charge in [0, 0.05) is 5.54 Å². The molecule has 1 rings (SSSR count). The molecule has 0 amide bonds. The quantitative estimate of drug-likeness (QED) is 0.414. The van der Waals surface area contributed by atoms with E-state index in [2.05, 4.69) is 13.8 Å². The van der Waals surface area contributed by atoms with E-state index in [9.17, 15) is 10.2 Å². The standard InChI is InChI=1S/C22H39NO3/c1-4-22(23,17-24)14-13-19-11-12-21(20(25)16-19)26-15-9-7-5-6-8-10-18(2)3/h11-12,16,18,24-25H,4-10,13-15,17,23H2,1-3H3/t22-/m0/s1. The highest BCUT2D eigenvalue weighted by atomic mass is 16.5. The lowest BCUT2D eigenvalue weighted by Crippen LogP contribution is -2.43. The van der Waals surface area contributed by atoms with Gasteiger partial charge in [0.05, 0.1) is 13.2 Å². The SMILES string of the molecule is CC[C@@](N)(CO)CCc1ccc(OCCCCCCCC(C)C)c(O)c1. The third-order valence-electron chi connectivity index (χ3n) is 5.14. The minimum atomic E-state index is -0.542. The predicted octanol–water partition coefficient (Wildman–Crippen LogP) is 4.80. The van der Waals surface area contributed by atoms with Gasteiger partial charge in [-0.25, -0.2) is 0 Å². The Hall–Kier alpha value is -1.26. The molecular formula is C22H39NO3. The summed E-state index contributed by atoms with van der Waals surface area (Å²) in [5.74, 6) is 1.53. The number of hydrogen-bond acceptors (Lipinski definition) is 4. The fourth-order valence-corrected chi connectivity index (χ4v) is 2.97. The van der Waals surface area contributed by atoms with Crippen LogP contribution in [0.15, 0.2) is 18.2 Å². The van der Waals surface area contributed by atoms with Gasteiger partial charge in [-0.2, -0.15) is 0 Å². The lowest BCUT2D eigenvalue weighted by Gasteiger charge is -2.25. The van der Waals surface area contributed by atoms with Crippen molar-refractivity contribution in [3.8, 4) is 11.5 Å². The van der Waals surface area contributed by atoms with Gasteiger partial charge in [0.15, 0.2) is 11.5 Å². The van der Waals surface area contributed by atoms with Crippen molar-refractivity contribution in [1.82, 2.24) is 0 Å². The Morgan fingerprint density at radius 3 is 2.42 bits per heavy atom. The van der Waals surface area contributed by atoms with Crippen molar-refractivity contribution < 1.29 is 14.9 Å². The molecule has 4 nitrogen and oxygen atoms in total. The van der Waals surface area contributed by atoms with Gasteiger partial charge in [-0.3, -0.25) is 0 Å². The van der Waals surface area contributed by atoms with Crippen LogP contribution < -0.4 is 10.5 Å². The summed E-state index contributed by atoms with van der Waals surface area (Å²) in [5.41, 5.74) is 6.58. The lowest BCUT2D eigenvalue weighted by molar-refractivity contribution is 0.183.